The van der Waals surface area contributed by atoms with Gasteiger partial charge in [0, 0.05) is 10.1 Å². The van der Waals surface area contributed by atoms with Crippen LogP contribution >= 0.6 is 11.8 Å². The topological polar surface area (TPSA) is 0 Å². The molecule has 0 nitrogen and oxygen atoms in total. The minimum atomic E-state index is 0.735. The number of hydrogen-bond acceptors (Lipinski definition) is 1. The Hall–Kier alpha value is -0.430. The van der Waals surface area contributed by atoms with Gasteiger partial charge < -0.3 is 0 Å². The molecule has 0 aliphatic rings. The normalized spacial score (nSPS) is 15.5. The van der Waals surface area contributed by atoms with Crippen molar-refractivity contribution in [3.8, 4) is 0 Å². The summed E-state index contributed by atoms with van der Waals surface area (Å²) < 4.78 is 0. The van der Waals surface area contributed by atoms with Crippen molar-refractivity contribution < 1.29 is 0 Å². The van der Waals surface area contributed by atoms with Gasteiger partial charge in [-0.25, -0.2) is 0 Å². The predicted octanol–water partition coefficient (Wildman–Crippen LogP) is 7.58. The molecule has 0 aliphatic carbocycles. The Balaban J connectivity index is 2.05. The molecule has 0 spiro atoms. The van der Waals surface area contributed by atoms with Gasteiger partial charge in [-0.3, -0.25) is 0 Å². The Kier molecular flexibility index (Phi) is 10.7. The van der Waals surface area contributed by atoms with Crippen LogP contribution in [0.3, 0.4) is 0 Å². The number of thioether (sulfide) groups is 1. The van der Waals surface area contributed by atoms with E-state index in [1.165, 1.54) is 56.3 Å². The number of hydrogen-bond donors (Lipinski definition) is 0. The third-order valence-corrected chi connectivity index (χ3v) is 5.75. The second kappa shape index (κ2) is 12.0. The summed E-state index contributed by atoms with van der Waals surface area (Å²) in [4.78, 5) is 1.41. The standard InChI is InChI=1S/C21H36S/c1-5-11-18(2)12-9-13-19(3)14-10-15-20(4)22-21-16-7-6-8-17-21/h6-8,16-20H,5,9-15H2,1-4H3. The molecule has 1 aromatic rings. The SMILES string of the molecule is CCCC(C)CCCC(C)CCCC(C)Sc1ccccc1. The highest BCUT2D eigenvalue weighted by Gasteiger charge is 2.08. The summed E-state index contributed by atoms with van der Waals surface area (Å²) in [7, 11) is 0. The summed E-state index contributed by atoms with van der Waals surface area (Å²) >= 11 is 2.02. The molecule has 0 saturated heterocycles. The first-order valence-electron chi connectivity index (χ1n) is 9.33. The highest BCUT2D eigenvalue weighted by Crippen LogP contribution is 2.27. The quantitative estimate of drug-likeness (QED) is 0.358. The lowest BCUT2D eigenvalue weighted by molar-refractivity contribution is 0.401. The first-order chi connectivity index (χ1) is 10.6. The monoisotopic (exact) mass is 320 g/mol. The lowest BCUT2D eigenvalue weighted by atomic mass is 9.93. The highest BCUT2D eigenvalue weighted by atomic mass is 32.2. The van der Waals surface area contributed by atoms with Gasteiger partial charge in [0.25, 0.3) is 0 Å². The molecule has 126 valence electrons. The summed E-state index contributed by atoms with van der Waals surface area (Å²) in [5, 5.41) is 0.735. The van der Waals surface area contributed by atoms with Crippen molar-refractivity contribution in [3.05, 3.63) is 30.3 Å². The maximum absolute atomic E-state index is 2.44. The van der Waals surface area contributed by atoms with Crippen molar-refractivity contribution in [2.75, 3.05) is 0 Å². The first-order valence-corrected chi connectivity index (χ1v) is 10.2. The molecule has 0 saturated carbocycles. The average Bonchev–Trinajstić information content (AvgIpc) is 2.48. The predicted molar refractivity (Wildman–Crippen MR) is 103 cm³/mol. The van der Waals surface area contributed by atoms with Gasteiger partial charge in [0.2, 0.25) is 0 Å². The van der Waals surface area contributed by atoms with Crippen LogP contribution in [0.25, 0.3) is 0 Å². The molecule has 1 aromatic carbocycles. The summed E-state index contributed by atoms with van der Waals surface area (Å²) in [6.07, 6.45) is 11.2. The molecule has 0 radical (unpaired) electrons. The third-order valence-electron chi connectivity index (χ3n) is 4.56. The second-order valence-corrected chi connectivity index (χ2v) is 8.61. The fraction of sp³-hybridized carbons (Fsp3) is 0.714. The van der Waals surface area contributed by atoms with E-state index in [1.807, 2.05) is 11.8 Å². The largest absolute Gasteiger partial charge is 0.123 e. The molecule has 0 bridgehead atoms. The van der Waals surface area contributed by atoms with E-state index in [4.69, 9.17) is 0 Å². The fourth-order valence-corrected chi connectivity index (χ4v) is 4.20. The Morgan fingerprint density at radius 3 is 1.91 bits per heavy atom. The van der Waals surface area contributed by atoms with E-state index in [9.17, 15) is 0 Å². The van der Waals surface area contributed by atoms with Crippen molar-refractivity contribution in [1.82, 2.24) is 0 Å². The minimum Gasteiger partial charge on any atom is -0.123 e. The molecule has 0 amide bonds. The zero-order valence-corrected chi connectivity index (χ0v) is 16.0. The van der Waals surface area contributed by atoms with Crippen LogP contribution in [0.1, 0.15) is 79.1 Å². The van der Waals surface area contributed by atoms with Gasteiger partial charge in [-0.15, -0.1) is 11.8 Å². The van der Waals surface area contributed by atoms with E-state index in [-0.39, 0.29) is 0 Å². The highest BCUT2D eigenvalue weighted by molar-refractivity contribution is 7.99. The van der Waals surface area contributed by atoms with E-state index in [0.29, 0.717) is 0 Å². The van der Waals surface area contributed by atoms with Gasteiger partial charge in [-0.05, 0) is 30.4 Å². The Labute approximate surface area is 143 Å². The van der Waals surface area contributed by atoms with Gasteiger partial charge in [-0.1, -0.05) is 90.8 Å². The van der Waals surface area contributed by atoms with Gasteiger partial charge in [-0.2, -0.15) is 0 Å². The number of benzene rings is 1. The summed E-state index contributed by atoms with van der Waals surface area (Å²) in [5.74, 6) is 1.84. The minimum absolute atomic E-state index is 0.735. The molecule has 3 atom stereocenters. The summed E-state index contributed by atoms with van der Waals surface area (Å²) in [5.41, 5.74) is 0. The Bertz CT molecular complexity index is 359. The maximum atomic E-state index is 2.44. The van der Waals surface area contributed by atoms with Crippen LogP contribution in [0.2, 0.25) is 0 Å². The van der Waals surface area contributed by atoms with Crippen LogP contribution in [0.5, 0.6) is 0 Å². The smallest absolute Gasteiger partial charge is 0.00746 e. The lowest BCUT2D eigenvalue weighted by Gasteiger charge is -2.15. The van der Waals surface area contributed by atoms with Crippen molar-refractivity contribution in [1.29, 1.82) is 0 Å². The van der Waals surface area contributed by atoms with Crippen molar-refractivity contribution in [2.45, 2.75) is 89.2 Å². The summed E-state index contributed by atoms with van der Waals surface area (Å²) in [6.45, 7) is 9.53. The molecule has 1 heteroatoms. The summed E-state index contributed by atoms with van der Waals surface area (Å²) in [6, 6.07) is 10.8. The zero-order chi connectivity index (χ0) is 16.2. The molecular formula is C21H36S. The molecule has 0 aliphatic heterocycles. The van der Waals surface area contributed by atoms with Crippen LogP contribution in [0.4, 0.5) is 0 Å². The van der Waals surface area contributed by atoms with E-state index < -0.39 is 0 Å². The molecule has 22 heavy (non-hydrogen) atoms. The average molecular weight is 321 g/mol. The molecule has 0 N–H and O–H groups in total. The van der Waals surface area contributed by atoms with Crippen molar-refractivity contribution in [2.24, 2.45) is 11.8 Å². The zero-order valence-electron chi connectivity index (χ0n) is 15.2. The van der Waals surface area contributed by atoms with Gasteiger partial charge in [0.05, 0.1) is 0 Å². The first kappa shape index (κ1) is 19.6. The molecule has 0 aromatic heterocycles. The van der Waals surface area contributed by atoms with E-state index >= 15 is 0 Å². The van der Waals surface area contributed by atoms with Crippen molar-refractivity contribution in [3.63, 3.8) is 0 Å². The van der Waals surface area contributed by atoms with Crippen LogP contribution in [-0.4, -0.2) is 5.25 Å². The molecule has 0 heterocycles. The van der Waals surface area contributed by atoms with Gasteiger partial charge >= 0.3 is 0 Å². The molecule has 3 unspecified atom stereocenters. The fourth-order valence-electron chi connectivity index (χ4n) is 3.14. The van der Waals surface area contributed by atoms with Crippen LogP contribution < -0.4 is 0 Å². The van der Waals surface area contributed by atoms with E-state index in [0.717, 1.165) is 17.1 Å². The Morgan fingerprint density at radius 2 is 1.32 bits per heavy atom. The van der Waals surface area contributed by atoms with E-state index in [1.54, 1.807) is 0 Å². The van der Waals surface area contributed by atoms with Gasteiger partial charge in [0.15, 0.2) is 0 Å². The van der Waals surface area contributed by atoms with Gasteiger partial charge in [0.1, 0.15) is 0 Å². The van der Waals surface area contributed by atoms with Crippen LogP contribution in [0, 0.1) is 11.8 Å². The Morgan fingerprint density at radius 1 is 0.773 bits per heavy atom. The van der Waals surface area contributed by atoms with Crippen LogP contribution in [-0.2, 0) is 0 Å². The molecular weight excluding hydrogens is 284 g/mol. The van der Waals surface area contributed by atoms with Crippen LogP contribution in [0.15, 0.2) is 35.2 Å². The number of rotatable bonds is 12. The maximum Gasteiger partial charge on any atom is 0.00746 e. The second-order valence-electron chi connectivity index (χ2n) is 7.10. The lowest BCUT2D eigenvalue weighted by Crippen LogP contribution is -2.01. The third kappa shape index (κ3) is 9.56. The molecule has 0 fully saturated rings. The van der Waals surface area contributed by atoms with Crippen molar-refractivity contribution >= 4 is 11.8 Å². The van der Waals surface area contributed by atoms with E-state index in [2.05, 4.69) is 58.0 Å². The molecule has 1 rings (SSSR count).